The molecular weight excluding hydrogens is 312 g/mol. The molecule has 0 aliphatic carbocycles. The van der Waals surface area contributed by atoms with E-state index in [2.05, 4.69) is 23.2 Å². The molecule has 2 aromatic rings. The van der Waals surface area contributed by atoms with Crippen molar-refractivity contribution >= 4 is 11.6 Å². The normalized spacial score (nSPS) is 18.3. The highest BCUT2D eigenvalue weighted by Gasteiger charge is 2.45. The van der Waals surface area contributed by atoms with Gasteiger partial charge in [0.2, 0.25) is 5.91 Å². The molecule has 0 bridgehead atoms. The summed E-state index contributed by atoms with van der Waals surface area (Å²) in [6, 6.07) is 14.3. The molecule has 4 heteroatoms. The second-order valence-electron chi connectivity index (χ2n) is 7.06. The van der Waals surface area contributed by atoms with Gasteiger partial charge in [-0.05, 0) is 49.4 Å². The molecule has 0 N–H and O–H groups in total. The molecule has 0 saturated carbocycles. The molecule has 4 nitrogen and oxygen atoms in total. The molecule has 2 aliphatic rings. The van der Waals surface area contributed by atoms with E-state index >= 15 is 0 Å². The van der Waals surface area contributed by atoms with Crippen LogP contribution < -0.4 is 4.90 Å². The van der Waals surface area contributed by atoms with E-state index in [1.54, 1.807) is 0 Å². The quantitative estimate of drug-likeness (QED) is 0.858. The number of hydrogen-bond acceptors (Lipinski definition) is 3. The Morgan fingerprint density at radius 1 is 1.12 bits per heavy atom. The van der Waals surface area contributed by atoms with E-state index in [0.717, 1.165) is 56.8 Å². The van der Waals surface area contributed by atoms with Crippen LogP contribution in [-0.2, 0) is 21.4 Å². The summed E-state index contributed by atoms with van der Waals surface area (Å²) in [4.78, 5) is 19.3. The number of hydrogen-bond donors (Lipinski definition) is 0. The fraction of sp³-hybridized carbons (Fsp3) is 0.429. The van der Waals surface area contributed by atoms with Crippen molar-refractivity contribution in [1.29, 1.82) is 0 Å². The lowest BCUT2D eigenvalue weighted by molar-refractivity contribution is -0.118. The minimum atomic E-state index is 0.0888. The molecular formula is C21H24N2O2. The molecule has 1 saturated heterocycles. The number of carbonyl (C=O) groups excluding carboxylic acids is 1. The second kappa shape index (κ2) is 6.96. The van der Waals surface area contributed by atoms with Gasteiger partial charge in [0, 0.05) is 49.2 Å². The van der Waals surface area contributed by atoms with Gasteiger partial charge in [-0.15, -0.1) is 0 Å². The lowest BCUT2D eigenvalue weighted by atomic mass is 9.76. The topological polar surface area (TPSA) is 42.4 Å². The molecule has 3 heterocycles. The van der Waals surface area contributed by atoms with Crippen molar-refractivity contribution in [1.82, 2.24) is 4.98 Å². The summed E-state index contributed by atoms with van der Waals surface area (Å²) in [6.07, 6.45) is 6.06. The van der Waals surface area contributed by atoms with Crippen LogP contribution >= 0.6 is 0 Å². The van der Waals surface area contributed by atoms with Gasteiger partial charge in [0.05, 0.1) is 0 Å². The van der Waals surface area contributed by atoms with Crippen molar-refractivity contribution in [3.8, 4) is 0 Å². The first-order chi connectivity index (χ1) is 12.3. The van der Waals surface area contributed by atoms with Crippen molar-refractivity contribution in [3.05, 3.63) is 59.9 Å². The van der Waals surface area contributed by atoms with Crippen LogP contribution in [0.3, 0.4) is 0 Å². The van der Waals surface area contributed by atoms with E-state index in [1.807, 2.05) is 35.4 Å². The molecule has 1 aromatic heterocycles. The maximum absolute atomic E-state index is 12.9. The number of aryl methyl sites for hydroxylation is 1. The molecule has 130 valence electrons. The fourth-order valence-corrected chi connectivity index (χ4v) is 4.14. The summed E-state index contributed by atoms with van der Waals surface area (Å²) < 4.78 is 5.57. The lowest BCUT2D eigenvalue weighted by Gasteiger charge is -2.34. The smallest absolute Gasteiger partial charge is 0.227 e. The van der Waals surface area contributed by atoms with E-state index in [1.165, 1.54) is 5.56 Å². The Bertz CT molecular complexity index is 739. The summed E-state index contributed by atoms with van der Waals surface area (Å²) in [6.45, 7) is 2.38. The molecule has 2 aliphatic heterocycles. The molecule has 0 atom stereocenters. The summed E-state index contributed by atoms with van der Waals surface area (Å²) >= 11 is 0. The number of nitrogens with zero attached hydrogens (tertiary/aromatic N) is 2. The molecule has 1 amide bonds. The Morgan fingerprint density at radius 2 is 1.92 bits per heavy atom. The molecule has 1 fully saturated rings. The zero-order valence-corrected chi connectivity index (χ0v) is 14.5. The number of rotatable bonds is 4. The molecule has 4 rings (SSSR count). The van der Waals surface area contributed by atoms with Crippen molar-refractivity contribution in [2.45, 2.75) is 37.5 Å². The Morgan fingerprint density at radius 3 is 2.72 bits per heavy atom. The van der Waals surface area contributed by atoms with Crippen molar-refractivity contribution < 1.29 is 9.53 Å². The van der Waals surface area contributed by atoms with E-state index in [0.29, 0.717) is 6.42 Å². The average molecular weight is 336 g/mol. The van der Waals surface area contributed by atoms with Crippen LogP contribution in [0.25, 0.3) is 0 Å². The summed E-state index contributed by atoms with van der Waals surface area (Å²) in [5.74, 6) is 0.228. The Hall–Kier alpha value is -2.20. The van der Waals surface area contributed by atoms with E-state index in [4.69, 9.17) is 4.74 Å². The maximum Gasteiger partial charge on any atom is 0.227 e. The maximum atomic E-state index is 12.9. The number of aromatic nitrogens is 1. The van der Waals surface area contributed by atoms with Gasteiger partial charge in [-0.1, -0.05) is 24.3 Å². The molecule has 1 aromatic carbocycles. The molecule has 1 spiro atoms. The van der Waals surface area contributed by atoms with Crippen molar-refractivity contribution in [3.63, 3.8) is 0 Å². The first-order valence-electron chi connectivity index (χ1n) is 9.16. The zero-order chi connectivity index (χ0) is 17.1. The van der Waals surface area contributed by atoms with Crippen LogP contribution in [0.15, 0.2) is 48.7 Å². The van der Waals surface area contributed by atoms with Crippen molar-refractivity contribution in [2.24, 2.45) is 0 Å². The van der Waals surface area contributed by atoms with Gasteiger partial charge in [0.25, 0.3) is 0 Å². The van der Waals surface area contributed by atoms with Crippen LogP contribution in [0, 0.1) is 0 Å². The minimum Gasteiger partial charge on any atom is -0.381 e. The third-order valence-electron chi connectivity index (χ3n) is 5.53. The van der Waals surface area contributed by atoms with Gasteiger partial charge in [-0.3, -0.25) is 9.78 Å². The van der Waals surface area contributed by atoms with Gasteiger partial charge in [-0.25, -0.2) is 0 Å². The van der Waals surface area contributed by atoms with Gasteiger partial charge >= 0.3 is 0 Å². The zero-order valence-electron chi connectivity index (χ0n) is 14.5. The van der Waals surface area contributed by atoms with Crippen LogP contribution in [0.4, 0.5) is 5.69 Å². The Balaban J connectivity index is 1.46. The Labute approximate surface area is 148 Å². The lowest BCUT2D eigenvalue weighted by Crippen LogP contribution is -2.40. The molecule has 25 heavy (non-hydrogen) atoms. The Kier molecular flexibility index (Phi) is 4.53. The monoisotopic (exact) mass is 336 g/mol. The largest absolute Gasteiger partial charge is 0.381 e. The number of pyridine rings is 1. The van der Waals surface area contributed by atoms with Crippen LogP contribution in [0.1, 0.15) is 36.9 Å². The third-order valence-corrected chi connectivity index (χ3v) is 5.53. The highest BCUT2D eigenvalue weighted by atomic mass is 16.5. The first kappa shape index (κ1) is 16.3. The predicted octanol–water partition coefficient (Wildman–Crippen LogP) is 3.50. The van der Waals surface area contributed by atoms with Gasteiger partial charge < -0.3 is 9.64 Å². The number of carbonyl (C=O) groups is 1. The highest BCUT2D eigenvalue weighted by Crippen LogP contribution is 2.46. The van der Waals surface area contributed by atoms with Gasteiger partial charge in [0.1, 0.15) is 0 Å². The summed E-state index contributed by atoms with van der Waals surface area (Å²) in [5, 5.41) is 0. The number of benzene rings is 1. The van der Waals surface area contributed by atoms with E-state index in [9.17, 15) is 4.79 Å². The van der Waals surface area contributed by atoms with E-state index in [-0.39, 0.29) is 11.3 Å². The fourth-order valence-electron chi connectivity index (χ4n) is 4.14. The standard InChI is InChI=1S/C21H24N2O2/c24-20(10-5-7-17-6-3-4-13-22-17)23-16-21(11-14-25-15-12-21)18-8-1-2-9-19(18)23/h1-4,6,8-9,13H,5,7,10-12,14-16H2. The first-order valence-corrected chi connectivity index (χ1v) is 9.16. The SMILES string of the molecule is O=C(CCCc1ccccn1)N1CC2(CCOCC2)c2ccccc21. The predicted molar refractivity (Wildman–Crippen MR) is 97.7 cm³/mol. The third kappa shape index (κ3) is 3.19. The minimum absolute atomic E-state index is 0.0888. The van der Waals surface area contributed by atoms with Gasteiger partial charge in [0.15, 0.2) is 0 Å². The second-order valence-corrected chi connectivity index (χ2v) is 7.06. The number of anilines is 1. The van der Waals surface area contributed by atoms with Crippen LogP contribution in [0.2, 0.25) is 0 Å². The van der Waals surface area contributed by atoms with Crippen LogP contribution in [0.5, 0.6) is 0 Å². The van der Waals surface area contributed by atoms with E-state index < -0.39 is 0 Å². The van der Waals surface area contributed by atoms with Crippen LogP contribution in [-0.4, -0.2) is 30.6 Å². The average Bonchev–Trinajstić information content (AvgIpc) is 2.98. The highest BCUT2D eigenvalue weighted by molar-refractivity contribution is 5.96. The molecule has 0 unspecified atom stereocenters. The number of ether oxygens (including phenoxy) is 1. The summed E-state index contributed by atoms with van der Waals surface area (Å²) in [7, 11) is 0. The van der Waals surface area contributed by atoms with Gasteiger partial charge in [-0.2, -0.15) is 0 Å². The molecule has 0 radical (unpaired) electrons. The number of amides is 1. The number of para-hydroxylation sites is 1. The number of fused-ring (bicyclic) bond motifs is 2. The summed E-state index contributed by atoms with van der Waals surface area (Å²) in [5.41, 5.74) is 3.58. The van der Waals surface area contributed by atoms with Crippen molar-refractivity contribution in [2.75, 3.05) is 24.7 Å².